The van der Waals surface area contributed by atoms with Crippen LogP contribution in [0, 0.1) is 5.92 Å². The number of nitrogens with one attached hydrogen (secondary N) is 1. The Morgan fingerprint density at radius 3 is 2.58 bits per heavy atom. The number of ether oxygens (including phenoxy) is 1. The smallest absolute Gasteiger partial charge is 0.451 e. The molecule has 0 unspecified atom stereocenters. The molecule has 1 rings (SSSR count). The first-order chi connectivity index (χ1) is 11.9. The van der Waals surface area contributed by atoms with Crippen LogP contribution < -0.4 is 16.2 Å². The molecule has 0 bridgehead atoms. The number of rotatable bonds is 10. The molecular weight excluding hydrogens is 371 g/mol. The predicted molar refractivity (Wildman–Crippen MR) is 90.8 cm³/mol. The molecule has 0 saturated carbocycles. The number of carboxylic acids is 1. The van der Waals surface area contributed by atoms with Crippen LogP contribution in [-0.2, 0) is 24.5 Å². The maximum absolute atomic E-state index is 12.4. The van der Waals surface area contributed by atoms with E-state index in [4.69, 9.17) is 21.5 Å². The lowest BCUT2D eigenvalue weighted by Crippen LogP contribution is -2.55. The summed E-state index contributed by atoms with van der Waals surface area (Å²) in [5.74, 6) is -2.87. The van der Waals surface area contributed by atoms with Crippen molar-refractivity contribution in [2.75, 3.05) is 26.7 Å². The Balaban J connectivity index is 2.80. The van der Waals surface area contributed by atoms with Gasteiger partial charge in [-0.05, 0) is 12.7 Å². The average Bonchev–Trinajstić information content (AvgIpc) is 2.91. The number of esters is 1. The molecule has 1 aliphatic rings. The summed E-state index contributed by atoms with van der Waals surface area (Å²) in [6.45, 7) is -1.04. The van der Waals surface area contributed by atoms with Crippen molar-refractivity contribution in [2.24, 2.45) is 17.4 Å². The van der Waals surface area contributed by atoms with E-state index in [0.29, 0.717) is 0 Å². The van der Waals surface area contributed by atoms with Crippen LogP contribution >= 0.6 is 0 Å². The number of nitrogens with zero attached hydrogens (tertiary/aromatic N) is 1. The fourth-order valence-electron chi connectivity index (χ4n) is 2.74. The van der Waals surface area contributed by atoms with Gasteiger partial charge in [-0.15, -0.1) is 0 Å². The highest BCUT2D eigenvalue weighted by molar-refractivity contribution is 7.87. The van der Waals surface area contributed by atoms with Gasteiger partial charge in [0.05, 0.1) is 7.11 Å². The zero-order valence-corrected chi connectivity index (χ0v) is 15.2. The second-order valence-electron chi connectivity index (χ2n) is 6.23. The Morgan fingerprint density at radius 2 is 2.08 bits per heavy atom. The first kappa shape index (κ1) is 22.8. The molecule has 0 aromatic rings. The first-order valence-corrected chi connectivity index (χ1v) is 9.34. The lowest BCUT2D eigenvalue weighted by atomic mass is 9.78. The Morgan fingerprint density at radius 1 is 1.46 bits per heavy atom. The van der Waals surface area contributed by atoms with Crippen molar-refractivity contribution in [2.45, 2.75) is 30.7 Å². The summed E-state index contributed by atoms with van der Waals surface area (Å²) in [7, 11) is -4.54. The minimum Gasteiger partial charge on any atom is -0.480 e. The summed E-state index contributed by atoms with van der Waals surface area (Å²) in [6.07, 6.45) is 0.488. The number of methoxy groups -OCH3 is 1. The van der Waals surface area contributed by atoms with Gasteiger partial charge < -0.3 is 31.4 Å². The summed E-state index contributed by atoms with van der Waals surface area (Å²) in [5, 5.41) is 27.2. The van der Waals surface area contributed by atoms with Gasteiger partial charge in [-0.25, -0.2) is 0 Å². The van der Waals surface area contributed by atoms with Crippen LogP contribution in [0.15, 0.2) is 0 Å². The van der Waals surface area contributed by atoms with E-state index in [0.717, 1.165) is 11.4 Å². The van der Waals surface area contributed by atoms with Crippen LogP contribution in [0.25, 0.3) is 0 Å². The van der Waals surface area contributed by atoms with Crippen LogP contribution in [0.3, 0.4) is 0 Å². The first-order valence-electron chi connectivity index (χ1n) is 7.90. The molecule has 1 saturated heterocycles. The molecule has 26 heavy (non-hydrogen) atoms. The number of carboxylic acid groups (broad SMARTS) is 1. The Bertz CT molecular complexity index is 618. The van der Waals surface area contributed by atoms with E-state index in [1.54, 1.807) is 0 Å². The zero-order chi connectivity index (χ0) is 20.1. The van der Waals surface area contributed by atoms with Crippen LogP contribution in [0.2, 0.25) is 6.32 Å². The van der Waals surface area contributed by atoms with Gasteiger partial charge >= 0.3 is 19.1 Å². The third-order valence-corrected chi connectivity index (χ3v) is 5.82. The number of carbonyl (C=O) groups is 2. The summed E-state index contributed by atoms with van der Waals surface area (Å²) in [4.78, 5) is 22.8. The third-order valence-electron chi connectivity index (χ3n) is 4.33. The molecule has 0 aromatic heterocycles. The van der Waals surface area contributed by atoms with Gasteiger partial charge in [0, 0.05) is 25.6 Å². The molecule has 0 amide bonds. The summed E-state index contributed by atoms with van der Waals surface area (Å²) < 4.78 is 32.1. The molecule has 3 atom stereocenters. The number of carbonyl (C=O) groups excluding carboxylic acids is 1. The average molecular weight is 396 g/mol. The second-order valence-corrected chi connectivity index (χ2v) is 7.98. The molecule has 1 heterocycles. The zero-order valence-electron chi connectivity index (χ0n) is 14.4. The van der Waals surface area contributed by atoms with Crippen molar-refractivity contribution in [3.05, 3.63) is 0 Å². The minimum absolute atomic E-state index is 0.0190. The van der Waals surface area contributed by atoms with E-state index in [1.165, 1.54) is 0 Å². The number of hydrogen-bond donors (Lipinski definition) is 6. The summed E-state index contributed by atoms with van der Waals surface area (Å²) >= 11 is 0. The Hall–Kier alpha value is -1.29. The van der Waals surface area contributed by atoms with Crippen molar-refractivity contribution < 1.29 is 37.9 Å². The maximum Gasteiger partial charge on any atom is 0.451 e. The maximum atomic E-state index is 12.4. The number of nitrogens with two attached hydrogens (primary N) is 2. The van der Waals surface area contributed by atoms with E-state index < -0.39 is 59.9 Å². The van der Waals surface area contributed by atoms with Crippen molar-refractivity contribution in [1.82, 2.24) is 9.03 Å². The highest BCUT2D eigenvalue weighted by Gasteiger charge is 2.52. The highest BCUT2D eigenvalue weighted by Crippen LogP contribution is 2.31. The van der Waals surface area contributed by atoms with Gasteiger partial charge in [-0.1, -0.05) is 6.42 Å². The van der Waals surface area contributed by atoms with Crippen LogP contribution in [-0.4, -0.2) is 85.3 Å². The monoisotopic (exact) mass is 396 g/mol. The van der Waals surface area contributed by atoms with E-state index in [2.05, 4.69) is 9.46 Å². The van der Waals surface area contributed by atoms with Crippen LogP contribution in [0.1, 0.15) is 12.8 Å². The number of hydrogen-bond acceptors (Lipinski definition) is 9. The van der Waals surface area contributed by atoms with Crippen LogP contribution in [0.5, 0.6) is 0 Å². The van der Waals surface area contributed by atoms with Gasteiger partial charge in [0.25, 0.3) is 10.2 Å². The van der Waals surface area contributed by atoms with E-state index in [-0.39, 0.29) is 25.7 Å². The van der Waals surface area contributed by atoms with Crippen LogP contribution in [0.4, 0.5) is 0 Å². The van der Waals surface area contributed by atoms with Gasteiger partial charge in [0.1, 0.15) is 11.6 Å². The van der Waals surface area contributed by atoms with Crippen molar-refractivity contribution >= 4 is 29.3 Å². The van der Waals surface area contributed by atoms with Gasteiger partial charge in [-0.2, -0.15) is 17.4 Å². The van der Waals surface area contributed by atoms with Gasteiger partial charge in [0.2, 0.25) is 0 Å². The standard InChI is InChI=1S/C12H25BN4O8S/c1-25-10(18)9(14)5-16-26(23,24)17-6-8(3-2-4-13(21)22)12(15,7-17)11(19)20/h8-9,16,21-22H,2-7,14-15H2,1H3,(H,19,20)/t8-,9+,12-/m1/s1. The topological polar surface area (TPSA) is 206 Å². The molecule has 1 fully saturated rings. The lowest BCUT2D eigenvalue weighted by molar-refractivity contribution is -0.144. The molecule has 0 radical (unpaired) electrons. The fraction of sp³-hybridized carbons (Fsp3) is 0.833. The minimum atomic E-state index is -4.12. The number of aliphatic carboxylic acids is 1. The molecule has 1 aliphatic heterocycles. The van der Waals surface area contributed by atoms with E-state index in [9.17, 15) is 23.1 Å². The molecule has 0 aliphatic carbocycles. The van der Waals surface area contributed by atoms with Crippen molar-refractivity contribution in [3.63, 3.8) is 0 Å². The Kier molecular flexibility index (Phi) is 7.94. The van der Waals surface area contributed by atoms with Gasteiger partial charge in [-0.3, -0.25) is 9.59 Å². The molecule has 0 spiro atoms. The molecular formula is C12H25BN4O8S. The van der Waals surface area contributed by atoms with E-state index in [1.807, 2.05) is 0 Å². The molecule has 14 heteroatoms. The molecule has 12 nitrogen and oxygen atoms in total. The molecule has 0 aromatic carbocycles. The van der Waals surface area contributed by atoms with E-state index >= 15 is 0 Å². The quantitative estimate of drug-likeness (QED) is 0.157. The lowest BCUT2D eigenvalue weighted by Gasteiger charge is -2.25. The molecule has 8 N–H and O–H groups in total. The van der Waals surface area contributed by atoms with Gasteiger partial charge in [0.15, 0.2) is 0 Å². The molecule has 150 valence electrons. The summed E-state index contributed by atoms with van der Waals surface area (Å²) in [6, 6.07) is -1.21. The summed E-state index contributed by atoms with van der Waals surface area (Å²) in [5.41, 5.74) is 9.58. The third kappa shape index (κ3) is 5.60. The SMILES string of the molecule is COC(=O)[C@@H](N)CNS(=O)(=O)N1C[C@@H](CCCB(O)O)[C@@](N)(C(=O)O)C1. The fourth-order valence-corrected chi connectivity index (χ4v) is 4.07. The Labute approximate surface area is 151 Å². The van der Waals surface area contributed by atoms with Crippen molar-refractivity contribution in [3.8, 4) is 0 Å². The highest BCUT2D eigenvalue weighted by atomic mass is 32.2. The largest absolute Gasteiger partial charge is 0.480 e. The van der Waals surface area contributed by atoms with Crippen molar-refractivity contribution in [1.29, 1.82) is 0 Å². The predicted octanol–water partition coefficient (Wildman–Crippen LogP) is -3.71. The normalized spacial score (nSPS) is 25.0. The second kappa shape index (κ2) is 9.08.